The van der Waals surface area contributed by atoms with Crippen LogP contribution in [0.15, 0.2) is 42.5 Å². The van der Waals surface area contributed by atoms with Crippen molar-refractivity contribution in [3.63, 3.8) is 0 Å². The van der Waals surface area contributed by atoms with Crippen LogP contribution in [-0.4, -0.2) is 9.55 Å². The molecule has 3 rings (SSSR count). The van der Waals surface area contributed by atoms with E-state index in [1.54, 1.807) is 12.1 Å². The average Bonchev–Trinajstić information content (AvgIpc) is 2.76. The second kappa shape index (κ2) is 5.25. The molecule has 0 saturated carbocycles. The summed E-state index contributed by atoms with van der Waals surface area (Å²) < 4.78 is 15.4. The smallest absolute Gasteiger partial charge is 0.125 e. The number of rotatable bonds is 3. The predicted molar refractivity (Wildman–Crippen MR) is 79.5 cm³/mol. The first kappa shape index (κ1) is 13.1. The van der Waals surface area contributed by atoms with E-state index in [1.165, 1.54) is 11.6 Å². The molecule has 0 aliphatic rings. The summed E-state index contributed by atoms with van der Waals surface area (Å²) in [5.41, 5.74) is 4.02. The molecule has 1 aromatic heterocycles. The molecule has 0 unspecified atom stereocenters. The first-order valence-corrected chi connectivity index (χ1v) is 6.97. The molecule has 0 fully saturated rings. The molecule has 3 aromatic rings. The summed E-state index contributed by atoms with van der Waals surface area (Å²) in [5.74, 6) is 0.912. The molecule has 0 aliphatic heterocycles. The lowest BCUT2D eigenvalue weighted by atomic mass is 10.2. The second-order valence-corrected chi connectivity index (χ2v) is 5.14. The molecule has 4 heteroatoms. The van der Waals surface area contributed by atoms with Crippen LogP contribution in [0.2, 0.25) is 0 Å². The monoisotopic (exact) mass is 288 g/mol. The van der Waals surface area contributed by atoms with Gasteiger partial charge in [-0.15, -0.1) is 11.6 Å². The van der Waals surface area contributed by atoms with Gasteiger partial charge in [-0.2, -0.15) is 0 Å². The highest BCUT2D eigenvalue weighted by atomic mass is 35.5. The molecule has 2 aromatic carbocycles. The Kier molecular flexibility index (Phi) is 3.45. The van der Waals surface area contributed by atoms with E-state index < -0.39 is 0 Å². The lowest BCUT2D eigenvalue weighted by molar-refractivity contribution is 0.623. The van der Waals surface area contributed by atoms with Crippen LogP contribution in [0.4, 0.5) is 4.39 Å². The molecule has 20 heavy (non-hydrogen) atoms. The van der Waals surface area contributed by atoms with Gasteiger partial charge >= 0.3 is 0 Å². The fourth-order valence-corrected chi connectivity index (χ4v) is 2.58. The average molecular weight is 289 g/mol. The maximum Gasteiger partial charge on any atom is 0.125 e. The Morgan fingerprint density at radius 2 is 2.05 bits per heavy atom. The standard InChI is InChI=1S/C16H14ClFN2/c1-11-5-6-14-15(7-11)20(16(9-17)19-14)10-12-3-2-4-13(18)8-12/h2-8H,9-10H2,1H3. The molecule has 0 atom stereocenters. The van der Waals surface area contributed by atoms with Crippen LogP contribution in [0, 0.1) is 12.7 Å². The Morgan fingerprint density at radius 1 is 1.20 bits per heavy atom. The maximum absolute atomic E-state index is 13.3. The zero-order valence-electron chi connectivity index (χ0n) is 11.1. The minimum atomic E-state index is -0.226. The van der Waals surface area contributed by atoms with Crippen molar-refractivity contribution in [1.29, 1.82) is 0 Å². The second-order valence-electron chi connectivity index (χ2n) is 4.87. The molecule has 0 radical (unpaired) electrons. The van der Waals surface area contributed by atoms with Crippen LogP contribution >= 0.6 is 11.6 Å². The van der Waals surface area contributed by atoms with Crippen molar-refractivity contribution in [2.24, 2.45) is 0 Å². The van der Waals surface area contributed by atoms with Gasteiger partial charge in [-0.05, 0) is 42.3 Å². The van der Waals surface area contributed by atoms with E-state index in [9.17, 15) is 4.39 Å². The van der Waals surface area contributed by atoms with Crippen LogP contribution in [0.5, 0.6) is 0 Å². The third kappa shape index (κ3) is 2.41. The van der Waals surface area contributed by atoms with E-state index in [1.807, 2.05) is 29.7 Å². The zero-order valence-corrected chi connectivity index (χ0v) is 11.9. The van der Waals surface area contributed by atoms with Crippen LogP contribution in [0.3, 0.4) is 0 Å². The number of aryl methyl sites for hydroxylation is 1. The Bertz CT molecular complexity index is 764. The number of fused-ring (bicyclic) bond motifs is 1. The molecule has 0 saturated heterocycles. The summed E-state index contributed by atoms with van der Waals surface area (Å²) in [4.78, 5) is 4.53. The number of nitrogens with zero attached hydrogens (tertiary/aromatic N) is 2. The van der Waals surface area contributed by atoms with E-state index in [0.717, 1.165) is 22.4 Å². The topological polar surface area (TPSA) is 17.8 Å². The van der Waals surface area contributed by atoms with Crippen molar-refractivity contribution in [2.75, 3.05) is 0 Å². The number of halogens is 2. The lowest BCUT2D eigenvalue weighted by Gasteiger charge is -2.08. The molecule has 2 nitrogen and oxygen atoms in total. The number of alkyl halides is 1. The number of aromatic nitrogens is 2. The van der Waals surface area contributed by atoms with Crippen molar-refractivity contribution >= 4 is 22.6 Å². The third-order valence-corrected chi connectivity index (χ3v) is 3.57. The van der Waals surface area contributed by atoms with Crippen molar-refractivity contribution in [3.8, 4) is 0 Å². The summed E-state index contributed by atoms with van der Waals surface area (Å²) in [7, 11) is 0. The highest BCUT2D eigenvalue weighted by molar-refractivity contribution is 6.16. The Balaban J connectivity index is 2.11. The van der Waals surface area contributed by atoms with E-state index in [0.29, 0.717) is 12.4 Å². The summed E-state index contributed by atoms with van der Waals surface area (Å²) in [5, 5.41) is 0. The van der Waals surface area contributed by atoms with Gasteiger partial charge in [0.25, 0.3) is 0 Å². The Hall–Kier alpha value is -1.87. The first-order chi connectivity index (χ1) is 9.67. The Morgan fingerprint density at radius 3 is 2.80 bits per heavy atom. The van der Waals surface area contributed by atoms with E-state index in [4.69, 9.17) is 11.6 Å². The molecule has 0 aliphatic carbocycles. The number of imidazole rings is 1. The van der Waals surface area contributed by atoms with Gasteiger partial charge in [0.05, 0.1) is 16.9 Å². The van der Waals surface area contributed by atoms with Crippen LogP contribution in [0.25, 0.3) is 11.0 Å². The van der Waals surface area contributed by atoms with Gasteiger partial charge in [-0.25, -0.2) is 9.37 Å². The number of hydrogen-bond donors (Lipinski definition) is 0. The SMILES string of the molecule is Cc1ccc2nc(CCl)n(Cc3cccc(F)c3)c2c1. The molecular weight excluding hydrogens is 275 g/mol. The minimum absolute atomic E-state index is 0.226. The van der Waals surface area contributed by atoms with Gasteiger partial charge in [0.2, 0.25) is 0 Å². The predicted octanol–water partition coefficient (Wildman–Crippen LogP) is 4.27. The Labute approximate surface area is 121 Å². The molecule has 0 N–H and O–H groups in total. The maximum atomic E-state index is 13.3. The molecule has 0 bridgehead atoms. The van der Waals surface area contributed by atoms with Gasteiger partial charge in [0, 0.05) is 6.54 Å². The van der Waals surface area contributed by atoms with Crippen LogP contribution in [0.1, 0.15) is 17.0 Å². The molecule has 0 amide bonds. The third-order valence-electron chi connectivity index (χ3n) is 3.33. The molecular formula is C16H14ClFN2. The van der Waals surface area contributed by atoms with Gasteiger partial charge < -0.3 is 4.57 Å². The summed E-state index contributed by atoms with van der Waals surface area (Å²) in [6, 6.07) is 12.7. The van der Waals surface area contributed by atoms with Gasteiger partial charge in [0.15, 0.2) is 0 Å². The normalized spacial score (nSPS) is 11.2. The quantitative estimate of drug-likeness (QED) is 0.658. The highest BCUT2D eigenvalue weighted by Gasteiger charge is 2.10. The number of benzene rings is 2. The van der Waals surface area contributed by atoms with Crippen molar-refractivity contribution in [1.82, 2.24) is 9.55 Å². The van der Waals surface area contributed by atoms with Gasteiger partial charge in [-0.3, -0.25) is 0 Å². The minimum Gasteiger partial charge on any atom is -0.322 e. The lowest BCUT2D eigenvalue weighted by Crippen LogP contribution is -2.04. The zero-order chi connectivity index (χ0) is 14.1. The summed E-state index contributed by atoms with van der Waals surface area (Å²) >= 11 is 5.98. The molecule has 0 spiro atoms. The molecule has 102 valence electrons. The summed E-state index contributed by atoms with van der Waals surface area (Å²) in [6.45, 7) is 2.61. The van der Waals surface area contributed by atoms with Crippen LogP contribution in [-0.2, 0) is 12.4 Å². The summed E-state index contributed by atoms with van der Waals surface area (Å²) in [6.07, 6.45) is 0. The molecule has 1 heterocycles. The number of hydrogen-bond acceptors (Lipinski definition) is 1. The van der Waals surface area contributed by atoms with Crippen molar-refractivity contribution < 1.29 is 4.39 Å². The van der Waals surface area contributed by atoms with E-state index in [-0.39, 0.29) is 5.82 Å². The van der Waals surface area contributed by atoms with Crippen molar-refractivity contribution in [3.05, 3.63) is 65.2 Å². The van der Waals surface area contributed by atoms with Crippen LogP contribution < -0.4 is 0 Å². The fraction of sp³-hybridized carbons (Fsp3) is 0.188. The largest absolute Gasteiger partial charge is 0.322 e. The van der Waals surface area contributed by atoms with Gasteiger partial charge in [-0.1, -0.05) is 18.2 Å². The van der Waals surface area contributed by atoms with E-state index >= 15 is 0 Å². The highest BCUT2D eigenvalue weighted by Crippen LogP contribution is 2.21. The van der Waals surface area contributed by atoms with E-state index in [2.05, 4.69) is 11.1 Å². The first-order valence-electron chi connectivity index (χ1n) is 6.43. The van der Waals surface area contributed by atoms with Gasteiger partial charge in [0.1, 0.15) is 11.6 Å². The van der Waals surface area contributed by atoms with Crippen molar-refractivity contribution in [2.45, 2.75) is 19.3 Å². The fourth-order valence-electron chi connectivity index (χ4n) is 2.38.